The molecule has 0 aromatic heterocycles. The number of nitrogens with zero attached hydrogens (tertiary/aromatic N) is 1. The Bertz CT molecular complexity index is 1220. The maximum absolute atomic E-state index is 14.2. The summed E-state index contributed by atoms with van der Waals surface area (Å²) in [7, 11) is -4.01. The molecule has 0 spiro atoms. The number of anilines is 1. The third kappa shape index (κ3) is 5.62. The summed E-state index contributed by atoms with van der Waals surface area (Å²) < 4.78 is 43.1. The lowest BCUT2D eigenvalue weighted by Gasteiger charge is -2.24. The van der Waals surface area contributed by atoms with E-state index >= 15 is 0 Å². The summed E-state index contributed by atoms with van der Waals surface area (Å²) in [5.41, 5.74) is 2.90. The van der Waals surface area contributed by atoms with Crippen molar-refractivity contribution in [3.05, 3.63) is 93.2 Å². The zero-order valence-electron chi connectivity index (χ0n) is 18.0. The van der Waals surface area contributed by atoms with Gasteiger partial charge in [0, 0.05) is 11.0 Å². The van der Waals surface area contributed by atoms with Crippen molar-refractivity contribution in [1.82, 2.24) is 4.31 Å². The predicted octanol–water partition coefficient (Wildman–Crippen LogP) is 5.34. The number of amides is 1. The van der Waals surface area contributed by atoms with Gasteiger partial charge in [-0.2, -0.15) is 4.31 Å². The molecule has 0 radical (unpaired) electrons. The fourth-order valence-electron chi connectivity index (χ4n) is 3.66. The van der Waals surface area contributed by atoms with Gasteiger partial charge >= 0.3 is 0 Å². The van der Waals surface area contributed by atoms with Gasteiger partial charge in [0.25, 0.3) is 0 Å². The van der Waals surface area contributed by atoms with Crippen molar-refractivity contribution in [2.45, 2.75) is 32.2 Å². The standard InChI is InChI=1S/C24H24BrFN2O3S/c1-16-11-17(2)24(18(3)12-16)32(30,31)28(14-19-7-5-4-6-8-19)15-23(29)27-22-10-9-20(25)13-21(22)26/h4-13H,14-15H2,1-3H3,(H,27,29). The van der Waals surface area contributed by atoms with Crippen molar-refractivity contribution in [3.63, 3.8) is 0 Å². The van der Waals surface area contributed by atoms with Crippen LogP contribution in [0.1, 0.15) is 22.3 Å². The lowest BCUT2D eigenvalue weighted by molar-refractivity contribution is -0.116. The van der Waals surface area contributed by atoms with Crippen molar-refractivity contribution in [2.24, 2.45) is 0 Å². The molecule has 3 rings (SSSR count). The lowest BCUT2D eigenvalue weighted by atomic mass is 10.1. The van der Waals surface area contributed by atoms with Crippen LogP contribution in [0.15, 0.2) is 70.0 Å². The van der Waals surface area contributed by atoms with E-state index < -0.39 is 28.3 Å². The molecule has 0 aliphatic rings. The summed E-state index contributed by atoms with van der Waals surface area (Å²) in [4.78, 5) is 12.9. The van der Waals surface area contributed by atoms with E-state index in [0.717, 1.165) is 15.4 Å². The third-order valence-electron chi connectivity index (χ3n) is 4.93. The molecule has 1 N–H and O–H groups in total. The highest BCUT2D eigenvalue weighted by molar-refractivity contribution is 9.10. The summed E-state index contributed by atoms with van der Waals surface area (Å²) in [5, 5.41) is 2.47. The minimum absolute atomic E-state index is 0.00612. The molecule has 8 heteroatoms. The Balaban J connectivity index is 1.96. The predicted molar refractivity (Wildman–Crippen MR) is 127 cm³/mol. The lowest BCUT2D eigenvalue weighted by Crippen LogP contribution is -2.38. The molecule has 0 unspecified atom stereocenters. The van der Waals surface area contributed by atoms with Crippen molar-refractivity contribution >= 4 is 37.5 Å². The molecule has 0 bridgehead atoms. The molecular weight excluding hydrogens is 495 g/mol. The first-order valence-electron chi connectivity index (χ1n) is 9.95. The Labute approximate surface area is 196 Å². The van der Waals surface area contributed by atoms with Crippen LogP contribution < -0.4 is 5.32 Å². The smallest absolute Gasteiger partial charge is 0.244 e. The van der Waals surface area contributed by atoms with Gasteiger partial charge in [-0.15, -0.1) is 0 Å². The summed E-state index contributed by atoms with van der Waals surface area (Å²) in [6.45, 7) is 4.93. The number of carbonyl (C=O) groups is 1. The fraction of sp³-hybridized carbons (Fsp3) is 0.208. The molecule has 0 saturated heterocycles. The molecule has 0 aliphatic carbocycles. The summed E-state index contributed by atoms with van der Waals surface area (Å²) in [5.74, 6) is -1.25. The van der Waals surface area contributed by atoms with E-state index in [1.165, 1.54) is 12.1 Å². The molecular formula is C24H24BrFN2O3S. The van der Waals surface area contributed by atoms with Crippen molar-refractivity contribution in [1.29, 1.82) is 0 Å². The number of benzene rings is 3. The zero-order valence-corrected chi connectivity index (χ0v) is 20.4. The van der Waals surface area contributed by atoms with Gasteiger partial charge in [-0.3, -0.25) is 4.79 Å². The number of hydrogen-bond donors (Lipinski definition) is 1. The molecule has 168 valence electrons. The van der Waals surface area contributed by atoms with Gasteiger partial charge < -0.3 is 5.32 Å². The Kier molecular flexibility index (Phi) is 7.48. The molecule has 5 nitrogen and oxygen atoms in total. The number of carbonyl (C=O) groups excluding carboxylic acids is 1. The van der Waals surface area contributed by atoms with Gasteiger partial charge in [0.05, 0.1) is 17.1 Å². The normalized spacial score (nSPS) is 11.6. The van der Waals surface area contributed by atoms with Crippen molar-refractivity contribution < 1.29 is 17.6 Å². The average molecular weight is 519 g/mol. The van der Waals surface area contributed by atoms with E-state index in [1.54, 1.807) is 56.3 Å². The van der Waals surface area contributed by atoms with Crippen LogP contribution in [0.3, 0.4) is 0 Å². The number of aryl methyl sites for hydroxylation is 3. The van der Waals surface area contributed by atoms with Gasteiger partial charge in [0.2, 0.25) is 15.9 Å². The number of sulfonamides is 1. The maximum Gasteiger partial charge on any atom is 0.244 e. The molecule has 3 aromatic carbocycles. The Morgan fingerprint density at radius 2 is 1.62 bits per heavy atom. The first-order valence-corrected chi connectivity index (χ1v) is 12.2. The van der Waals surface area contributed by atoms with Gasteiger partial charge in [-0.05, 0) is 55.7 Å². The number of rotatable bonds is 7. The van der Waals surface area contributed by atoms with E-state index in [1.807, 2.05) is 13.0 Å². The van der Waals surface area contributed by atoms with Gasteiger partial charge in [0.1, 0.15) is 5.82 Å². The van der Waals surface area contributed by atoms with Crippen LogP contribution in [0.2, 0.25) is 0 Å². The Morgan fingerprint density at radius 3 is 2.22 bits per heavy atom. The molecule has 0 heterocycles. The van der Waals surface area contributed by atoms with Crippen LogP contribution >= 0.6 is 15.9 Å². The van der Waals surface area contributed by atoms with Gasteiger partial charge in [-0.25, -0.2) is 12.8 Å². The number of halogens is 2. The molecule has 0 atom stereocenters. The van der Waals surface area contributed by atoms with E-state index in [9.17, 15) is 17.6 Å². The molecule has 3 aromatic rings. The van der Waals surface area contributed by atoms with Gasteiger partial charge in [0.15, 0.2) is 0 Å². The molecule has 1 amide bonds. The minimum Gasteiger partial charge on any atom is -0.322 e. The topological polar surface area (TPSA) is 66.5 Å². The Hall–Kier alpha value is -2.55. The highest BCUT2D eigenvalue weighted by Gasteiger charge is 2.30. The quantitative estimate of drug-likeness (QED) is 0.458. The van der Waals surface area contributed by atoms with E-state index in [0.29, 0.717) is 15.6 Å². The van der Waals surface area contributed by atoms with Crippen LogP contribution in [-0.2, 0) is 21.4 Å². The van der Waals surface area contributed by atoms with E-state index in [2.05, 4.69) is 21.2 Å². The second-order valence-corrected chi connectivity index (χ2v) is 10.4. The SMILES string of the molecule is Cc1cc(C)c(S(=O)(=O)N(CC(=O)Nc2ccc(Br)cc2F)Cc2ccccc2)c(C)c1. The minimum atomic E-state index is -4.01. The second kappa shape index (κ2) is 9.94. The first-order chi connectivity index (χ1) is 15.1. The van der Waals surface area contributed by atoms with Gasteiger partial charge in [-0.1, -0.05) is 64.0 Å². The second-order valence-electron chi connectivity index (χ2n) is 7.66. The van der Waals surface area contributed by atoms with Crippen molar-refractivity contribution in [3.8, 4) is 0 Å². The maximum atomic E-state index is 14.2. The summed E-state index contributed by atoms with van der Waals surface area (Å²) in [6.07, 6.45) is 0. The first kappa shape index (κ1) is 24.1. The summed E-state index contributed by atoms with van der Waals surface area (Å²) >= 11 is 3.17. The molecule has 0 saturated carbocycles. The van der Waals surface area contributed by atoms with Crippen LogP contribution in [0.25, 0.3) is 0 Å². The van der Waals surface area contributed by atoms with Crippen LogP contribution in [0.5, 0.6) is 0 Å². The highest BCUT2D eigenvalue weighted by atomic mass is 79.9. The molecule has 32 heavy (non-hydrogen) atoms. The number of nitrogens with one attached hydrogen (secondary N) is 1. The monoisotopic (exact) mass is 518 g/mol. The zero-order chi connectivity index (χ0) is 23.5. The largest absolute Gasteiger partial charge is 0.322 e. The molecule has 0 fully saturated rings. The Morgan fingerprint density at radius 1 is 1.00 bits per heavy atom. The van der Waals surface area contributed by atoms with E-state index in [4.69, 9.17) is 0 Å². The van der Waals surface area contributed by atoms with Crippen LogP contribution in [0.4, 0.5) is 10.1 Å². The number of hydrogen-bond acceptors (Lipinski definition) is 3. The average Bonchev–Trinajstić information content (AvgIpc) is 2.69. The fourth-order valence-corrected chi connectivity index (χ4v) is 5.79. The third-order valence-corrected chi connectivity index (χ3v) is 7.52. The molecule has 0 aliphatic heterocycles. The van der Waals surface area contributed by atoms with Crippen molar-refractivity contribution in [2.75, 3.05) is 11.9 Å². The highest BCUT2D eigenvalue weighted by Crippen LogP contribution is 2.27. The van der Waals surface area contributed by atoms with Crippen LogP contribution in [-0.4, -0.2) is 25.2 Å². The summed E-state index contributed by atoms with van der Waals surface area (Å²) in [6, 6.07) is 16.9. The van der Waals surface area contributed by atoms with E-state index in [-0.39, 0.29) is 17.1 Å². The van der Waals surface area contributed by atoms with Crippen LogP contribution in [0, 0.1) is 26.6 Å².